The fourth-order valence-electron chi connectivity index (χ4n) is 3.18. The number of nitrogens with zero attached hydrogens (tertiary/aromatic N) is 3. The van der Waals surface area contributed by atoms with E-state index in [0.29, 0.717) is 24.3 Å². The topological polar surface area (TPSA) is 67.2 Å². The Kier molecular flexibility index (Phi) is 5.78. The highest BCUT2D eigenvalue weighted by molar-refractivity contribution is 5.96. The first kappa shape index (κ1) is 19.6. The van der Waals surface area contributed by atoms with Crippen molar-refractivity contribution in [3.8, 4) is 0 Å². The predicted octanol–water partition coefficient (Wildman–Crippen LogP) is 3.77. The lowest BCUT2D eigenvalue weighted by atomic mass is 10.1. The number of nitrogens with one attached hydrogen (secondary N) is 1. The summed E-state index contributed by atoms with van der Waals surface area (Å²) in [6, 6.07) is 11.1. The van der Waals surface area contributed by atoms with Crippen LogP contribution in [0.5, 0.6) is 0 Å². The molecule has 0 spiro atoms. The molecule has 2 aromatic carbocycles. The van der Waals surface area contributed by atoms with Crippen LogP contribution in [0.1, 0.15) is 35.3 Å². The summed E-state index contributed by atoms with van der Waals surface area (Å²) in [6.07, 6.45) is 1.69. The molecule has 0 aliphatic rings. The number of fused-ring (bicyclic) bond motifs is 1. The van der Waals surface area contributed by atoms with E-state index in [0.717, 1.165) is 11.0 Å². The summed E-state index contributed by atoms with van der Waals surface area (Å²) in [5, 5.41) is 2.88. The normalized spacial score (nSPS) is 10.9. The number of carbonyl (C=O) groups is 2. The van der Waals surface area contributed by atoms with Crippen molar-refractivity contribution in [2.75, 3.05) is 18.4 Å². The van der Waals surface area contributed by atoms with Crippen LogP contribution >= 0.6 is 0 Å². The van der Waals surface area contributed by atoms with Crippen LogP contribution in [0.2, 0.25) is 0 Å². The molecule has 146 valence electrons. The van der Waals surface area contributed by atoms with E-state index in [1.54, 1.807) is 35.5 Å². The minimum absolute atomic E-state index is 0.00146. The number of hydrogen-bond acceptors (Lipinski definition) is 3. The Hall–Kier alpha value is -3.15. The van der Waals surface area contributed by atoms with E-state index in [1.807, 2.05) is 31.4 Å². The van der Waals surface area contributed by atoms with E-state index in [4.69, 9.17) is 0 Å². The number of rotatable bonds is 6. The van der Waals surface area contributed by atoms with E-state index in [-0.39, 0.29) is 18.4 Å². The molecule has 0 radical (unpaired) electrons. The van der Waals surface area contributed by atoms with Crippen molar-refractivity contribution in [1.82, 2.24) is 14.5 Å². The number of imidazole rings is 1. The standard InChI is InChI=1S/C22H26N4O2/c1-5-25(6-2)22(28)17-7-9-18(10-8-17)24-21(27)13-26-14-23-19-11-15(3)16(4)12-20(19)26/h7-12,14H,5-6,13H2,1-4H3,(H,24,27). The quantitative estimate of drug-likeness (QED) is 0.710. The van der Waals surface area contributed by atoms with Crippen LogP contribution in [0, 0.1) is 13.8 Å². The molecule has 0 fully saturated rings. The number of aromatic nitrogens is 2. The molecule has 0 saturated heterocycles. The van der Waals surface area contributed by atoms with Crippen molar-refractivity contribution < 1.29 is 9.59 Å². The SMILES string of the molecule is CCN(CC)C(=O)c1ccc(NC(=O)Cn2cnc3cc(C)c(C)cc32)cc1. The van der Waals surface area contributed by atoms with Crippen molar-refractivity contribution in [3.63, 3.8) is 0 Å². The summed E-state index contributed by atoms with van der Waals surface area (Å²) in [4.78, 5) is 31.0. The van der Waals surface area contributed by atoms with E-state index >= 15 is 0 Å². The van der Waals surface area contributed by atoms with Crippen LogP contribution in [0.15, 0.2) is 42.7 Å². The number of benzene rings is 2. The van der Waals surface area contributed by atoms with Gasteiger partial charge in [-0.1, -0.05) is 0 Å². The Bertz CT molecular complexity index is 1000. The molecule has 3 rings (SSSR count). The Balaban J connectivity index is 1.68. The highest BCUT2D eigenvalue weighted by Gasteiger charge is 2.13. The molecule has 6 nitrogen and oxygen atoms in total. The van der Waals surface area contributed by atoms with Gasteiger partial charge in [0.2, 0.25) is 5.91 Å². The van der Waals surface area contributed by atoms with E-state index in [1.165, 1.54) is 11.1 Å². The highest BCUT2D eigenvalue weighted by atomic mass is 16.2. The first-order valence-electron chi connectivity index (χ1n) is 9.54. The average molecular weight is 378 g/mol. The lowest BCUT2D eigenvalue weighted by Crippen LogP contribution is -2.30. The summed E-state index contributed by atoms with van der Waals surface area (Å²) in [6.45, 7) is 9.54. The first-order valence-corrected chi connectivity index (χ1v) is 9.54. The second kappa shape index (κ2) is 8.25. The molecule has 0 bridgehead atoms. The minimum atomic E-state index is -0.139. The Morgan fingerprint density at radius 2 is 1.68 bits per heavy atom. The van der Waals surface area contributed by atoms with Crippen molar-refractivity contribution in [2.24, 2.45) is 0 Å². The van der Waals surface area contributed by atoms with Gasteiger partial charge in [0.25, 0.3) is 5.91 Å². The lowest BCUT2D eigenvalue weighted by molar-refractivity contribution is -0.116. The zero-order chi connectivity index (χ0) is 20.3. The summed E-state index contributed by atoms with van der Waals surface area (Å²) in [5.41, 5.74) is 5.46. The lowest BCUT2D eigenvalue weighted by Gasteiger charge is -2.18. The van der Waals surface area contributed by atoms with Gasteiger partial charge in [-0.2, -0.15) is 0 Å². The number of amides is 2. The van der Waals surface area contributed by atoms with Gasteiger partial charge in [-0.05, 0) is 75.2 Å². The maximum Gasteiger partial charge on any atom is 0.253 e. The Morgan fingerprint density at radius 3 is 2.32 bits per heavy atom. The first-order chi connectivity index (χ1) is 13.4. The minimum Gasteiger partial charge on any atom is -0.339 e. The molecular weight excluding hydrogens is 352 g/mol. The number of hydrogen-bond donors (Lipinski definition) is 1. The van der Waals surface area contributed by atoms with Gasteiger partial charge in [0.05, 0.1) is 17.4 Å². The third-order valence-corrected chi connectivity index (χ3v) is 5.02. The highest BCUT2D eigenvalue weighted by Crippen LogP contribution is 2.18. The second-order valence-corrected chi connectivity index (χ2v) is 6.90. The molecule has 0 saturated carbocycles. The number of anilines is 1. The predicted molar refractivity (Wildman–Crippen MR) is 112 cm³/mol. The monoisotopic (exact) mass is 378 g/mol. The molecule has 2 amide bonds. The largest absolute Gasteiger partial charge is 0.339 e. The Labute approximate surface area is 165 Å². The van der Waals surface area contributed by atoms with Gasteiger partial charge in [-0.15, -0.1) is 0 Å². The van der Waals surface area contributed by atoms with E-state index in [2.05, 4.69) is 23.3 Å². The molecule has 3 aromatic rings. The van der Waals surface area contributed by atoms with E-state index < -0.39 is 0 Å². The van der Waals surface area contributed by atoms with Crippen LogP contribution < -0.4 is 5.32 Å². The van der Waals surface area contributed by atoms with Gasteiger partial charge in [0.15, 0.2) is 0 Å². The molecule has 28 heavy (non-hydrogen) atoms. The number of carbonyl (C=O) groups excluding carboxylic acids is 2. The van der Waals surface area contributed by atoms with Gasteiger partial charge in [-0.3, -0.25) is 9.59 Å². The molecule has 6 heteroatoms. The second-order valence-electron chi connectivity index (χ2n) is 6.90. The van der Waals surface area contributed by atoms with Crippen LogP contribution in [0.4, 0.5) is 5.69 Å². The molecule has 1 aromatic heterocycles. The Morgan fingerprint density at radius 1 is 1.04 bits per heavy atom. The maximum atomic E-state index is 12.5. The summed E-state index contributed by atoms with van der Waals surface area (Å²) in [7, 11) is 0. The van der Waals surface area contributed by atoms with Crippen LogP contribution in [0.25, 0.3) is 11.0 Å². The molecule has 0 aliphatic carbocycles. The molecule has 0 aliphatic heterocycles. The summed E-state index contributed by atoms with van der Waals surface area (Å²) < 4.78 is 1.84. The van der Waals surface area contributed by atoms with Crippen molar-refractivity contribution in [1.29, 1.82) is 0 Å². The van der Waals surface area contributed by atoms with Crippen LogP contribution in [-0.2, 0) is 11.3 Å². The average Bonchev–Trinajstić information content (AvgIpc) is 3.05. The molecular formula is C22H26N4O2. The van der Waals surface area contributed by atoms with Crippen molar-refractivity contribution in [2.45, 2.75) is 34.2 Å². The third-order valence-electron chi connectivity index (χ3n) is 5.02. The molecule has 1 heterocycles. The molecule has 0 atom stereocenters. The van der Waals surface area contributed by atoms with Crippen molar-refractivity contribution in [3.05, 3.63) is 59.4 Å². The zero-order valence-corrected chi connectivity index (χ0v) is 16.8. The van der Waals surface area contributed by atoms with Crippen LogP contribution in [-0.4, -0.2) is 39.4 Å². The summed E-state index contributed by atoms with van der Waals surface area (Å²) in [5.74, 6) is -0.140. The smallest absolute Gasteiger partial charge is 0.253 e. The maximum absolute atomic E-state index is 12.5. The fraction of sp³-hybridized carbons (Fsp3) is 0.318. The van der Waals surface area contributed by atoms with Gasteiger partial charge >= 0.3 is 0 Å². The van der Waals surface area contributed by atoms with Gasteiger partial charge in [-0.25, -0.2) is 4.98 Å². The van der Waals surface area contributed by atoms with Gasteiger partial charge in [0.1, 0.15) is 6.54 Å². The molecule has 1 N–H and O–H groups in total. The third kappa shape index (κ3) is 4.06. The fourth-order valence-corrected chi connectivity index (χ4v) is 3.18. The molecule has 0 unspecified atom stereocenters. The summed E-state index contributed by atoms with van der Waals surface area (Å²) >= 11 is 0. The van der Waals surface area contributed by atoms with Crippen molar-refractivity contribution >= 4 is 28.5 Å². The van der Waals surface area contributed by atoms with Gasteiger partial charge in [0, 0.05) is 24.3 Å². The van der Waals surface area contributed by atoms with E-state index in [9.17, 15) is 9.59 Å². The number of aryl methyl sites for hydroxylation is 2. The zero-order valence-electron chi connectivity index (χ0n) is 16.8. The van der Waals surface area contributed by atoms with Gasteiger partial charge < -0.3 is 14.8 Å². The van der Waals surface area contributed by atoms with Crippen LogP contribution in [0.3, 0.4) is 0 Å².